The predicted octanol–water partition coefficient (Wildman–Crippen LogP) is 1.87. The van der Waals surface area contributed by atoms with E-state index in [1.54, 1.807) is 9.80 Å². The van der Waals surface area contributed by atoms with E-state index in [1.165, 1.54) is 0 Å². The lowest BCUT2D eigenvalue weighted by atomic mass is 10.1. The van der Waals surface area contributed by atoms with Crippen LogP contribution in [0.1, 0.15) is 43.7 Å². The van der Waals surface area contributed by atoms with E-state index in [1.807, 2.05) is 26.0 Å². The fourth-order valence-corrected chi connectivity index (χ4v) is 3.20. The van der Waals surface area contributed by atoms with E-state index in [4.69, 9.17) is 4.42 Å². The minimum atomic E-state index is -0.261. The first-order valence-electron chi connectivity index (χ1n) is 7.24. The van der Waals surface area contributed by atoms with Crippen molar-refractivity contribution < 1.29 is 14.0 Å². The maximum Gasteiger partial charge on any atom is 0.246 e. The number of hydrogen-bond donors (Lipinski definition) is 0. The van der Waals surface area contributed by atoms with Crippen LogP contribution in [0.2, 0.25) is 0 Å². The van der Waals surface area contributed by atoms with Crippen LogP contribution in [0, 0.1) is 6.92 Å². The van der Waals surface area contributed by atoms with Crippen LogP contribution in [0.4, 0.5) is 0 Å². The Balaban J connectivity index is 1.85. The molecule has 0 N–H and O–H groups in total. The van der Waals surface area contributed by atoms with Gasteiger partial charge in [-0.05, 0) is 38.8 Å². The average molecular weight is 276 g/mol. The molecule has 2 atom stereocenters. The maximum absolute atomic E-state index is 12.7. The first-order chi connectivity index (χ1) is 9.58. The van der Waals surface area contributed by atoms with Crippen LogP contribution in [0.3, 0.4) is 0 Å². The van der Waals surface area contributed by atoms with Crippen LogP contribution < -0.4 is 0 Å². The zero-order valence-corrected chi connectivity index (χ0v) is 12.0. The molecule has 0 aliphatic carbocycles. The SMILES string of the molecule is Cc1ccc(C(C)N2CCC(=O)N3CCCC3C2=O)o1. The number of amides is 2. The molecule has 5 heteroatoms. The van der Waals surface area contributed by atoms with Crippen molar-refractivity contribution in [1.29, 1.82) is 0 Å². The molecule has 0 bridgehead atoms. The van der Waals surface area contributed by atoms with Crippen molar-refractivity contribution in [2.45, 2.75) is 45.2 Å². The van der Waals surface area contributed by atoms with Crippen molar-refractivity contribution in [3.8, 4) is 0 Å². The summed E-state index contributed by atoms with van der Waals surface area (Å²) in [4.78, 5) is 28.3. The normalized spacial score (nSPS) is 24.8. The van der Waals surface area contributed by atoms with Crippen molar-refractivity contribution >= 4 is 11.8 Å². The predicted molar refractivity (Wildman–Crippen MR) is 72.9 cm³/mol. The number of fused-ring (bicyclic) bond motifs is 1. The lowest BCUT2D eigenvalue weighted by Crippen LogP contribution is -2.44. The number of carbonyl (C=O) groups is 2. The number of carbonyl (C=O) groups excluding carboxylic acids is 2. The fraction of sp³-hybridized carbons (Fsp3) is 0.600. The van der Waals surface area contributed by atoms with Crippen LogP contribution in [-0.4, -0.2) is 40.7 Å². The molecule has 2 aliphatic heterocycles. The molecule has 0 aromatic carbocycles. The summed E-state index contributed by atoms with van der Waals surface area (Å²) in [6.07, 6.45) is 2.11. The molecular formula is C15H20N2O3. The van der Waals surface area contributed by atoms with Gasteiger partial charge in [0.15, 0.2) is 0 Å². The van der Waals surface area contributed by atoms with E-state index in [0.717, 1.165) is 30.9 Å². The Bertz CT molecular complexity index is 537. The molecule has 2 amide bonds. The Morgan fingerprint density at radius 3 is 2.80 bits per heavy atom. The standard InChI is InChI=1S/C15H20N2O3/c1-10-5-6-13(20-10)11(2)16-9-7-14(18)17-8-3-4-12(17)15(16)19/h5-6,11-12H,3-4,7-9H2,1-2H3. The van der Waals surface area contributed by atoms with Crippen molar-refractivity contribution in [2.75, 3.05) is 13.1 Å². The zero-order chi connectivity index (χ0) is 14.3. The Morgan fingerprint density at radius 2 is 2.10 bits per heavy atom. The zero-order valence-electron chi connectivity index (χ0n) is 12.0. The molecule has 0 spiro atoms. The molecule has 108 valence electrons. The minimum Gasteiger partial charge on any atom is -0.464 e. The summed E-state index contributed by atoms with van der Waals surface area (Å²) in [5.41, 5.74) is 0. The van der Waals surface area contributed by atoms with Crippen LogP contribution in [-0.2, 0) is 9.59 Å². The molecule has 1 aromatic rings. The molecule has 2 saturated heterocycles. The van der Waals surface area contributed by atoms with Gasteiger partial charge in [0.1, 0.15) is 17.6 Å². The molecule has 2 unspecified atom stereocenters. The van der Waals surface area contributed by atoms with Crippen molar-refractivity contribution in [2.24, 2.45) is 0 Å². The third kappa shape index (κ3) is 2.11. The van der Waals surface area contributed by atoms with Gasteiger partial charge in [0, 0.05) is 19.5 Å². The molecular weight excluding hydrogens is 256 g/mol. The molecule has 0 saturated carbocycles. The van der Waals surface area contributed by atoms with Gasteiger partial charge in [-0.3, -0.25) is 9.59 Å². The van der Waals surface area contributed by atoms with Gasteiger partial charge in [0.2, 0.25) is 11.8 Å². The third-order valence-corrected chi connectivity index (χ3v) is 4.35. The van der Waals surface area contributed by atoms with E-state index in [2.05, 4.69) is 0 Å². The second-order valence-electron chi connectivity index (χ2n) is 5.65. The van der Waals surface area contributed by atoms with E-state index in [-0.39, 0.29) is 23.9 Å². The lowest BCUT2D eigenvalue weighted by molar-refractivity contribution is -0.140. The highest BCUT2D eigenvalue weighted by Crippen LogP contribution is 2.29. The van der Waals surface area contributed by atoms with Gasteiger partial charge in [-0.2, -0.15) is 0 Å². The second kappa shape index (κ2) is 4.96. The molecule has 5 nitrogen and oxygen atoms in total. The number of aryl methyl sites for hydroxylation is 1. The molecule has 1 aromatic heterocycles. The van der Waals surface area contributed by atoms with E-state index in [0.29, 0.717) is 13.0 Å². The van der Waals surface area contributed by atoms with Gasteiger partial charge < -0.3 is 14.2 Å². The van der Waals surface area contributed by atoms with Crippen molar-refractivity contribution in [3.63, 3.8) is 0 Å². The van der Waals surface area contributed by atoms with Crippen LogP contribution >= 0.6 is 0 Å². The average Bonchev–Trinajstić information content (AvgIpc) is 3.04. The Morgan fingerprint density at radius 1 is 1.30 bits per heavy atom. The summed E-state index contributed by atoms with van der Waals surface area (Å²) < 4.78 is 5.63. The van der Waals surface area contributed by atoms with E-state index < -0.39 is 0 Å². The van der Waals surface area contributed by atoms with Gasteiger partial charge in [-0.1, -0.05) is 0 Å². The van der Waals surface area contributed by atoms with E-state index in [9.17, 15) is 9.59 Å². The summed E-state index contributed by atoms with van der Waals surface area (Å²) in [5, 5.41) is 0. The number of furan rings is 1. The van der Waals surface area contributed by atoms with Gasteiger partial charge in [-0.15, -0.1) is 0 Å². The summed E-state index contributed by atoms with van der Waals surface area (Å²) in [7, 11) is 0. The molecule has 3 rings (SSSR count). The van der Waals surface area contributed by atoms with Gasteiger partial charge in [0.25, 0.3) is 0 Å². The quantitative estimate of drug-likeness (QED) is 0.828. The van der Waals surface area contributed by atoms with Crippen molar-refractivity contribution in [3.05, 3.63) is 23.7 Å². The Hall–Kier alpha value is -1.78. The molecule has 2 aliphatic rings. The molecule has 2 fully saturated rings. The highest BCUT2D eigenvalue weighted by molar-refractivity contribution is 5.90. The molecule has 20 heavy (non-hydrogen) atoms. The number of rotatable bonds is 2. The first kappa shape index (κ1) is 13.2. The maximum atomic E-state index is 12.7. The van der Waals surface area contributed by atoms with Gasteiger partial charge >= 0.3 is 0 Å². The summed E-state index contributed by atoms with van der Waals surface area (Å²) >= 11 is 0. The molecule has 3 heterocycles. The largest absolute Gasteiger partial charge is 0.464 e. The third-order valence-electron chi connectivity index (χ3n) is 4.35. The minimum absolute atomic E-state index is 0.0647. The first-order valence-corrected chi connectivity index (χ1v) is 7.24. The highest BCUT2D eigenvalue weighted by atomic mass is 16.3. The Labute approximate surface area is 118 Å². The summed E-state index contributed by atoms with van der Waals surface area (Å²) in [5.74, 6) is 1.79. The smallest absolute Gasteiger partial charge is 0.246 e. The second-order valence-corrected chi connectivity index (χ2v) is 5.65. The summed E-state index contributed by atoms with van der Waals surface area (Å²) in [6.45, 7) is 5.05. The fourth-order valence-electron chi connectivity index (χ4n) is 3.20. The van der Waals surface area contributed by atoms with E-state index >= 15 is 0 Å². The number of nitrogens with zero attached hydrogens (tertiary/aromatic N) is 2. The molecule has 0 radical (unpaired) electrons. The van der Waals surface area contributed by atoms with Crippen LogP contribution in [0.25, 0.3) is 0 Å². The van der Waals surface area contributed by atoms with Gasteiger partial charge in [0.05, 0.1) is 6.04 Å². The number of hydrogen-bond acceptors (Lipinski definition) is 3. The summed E-state index contributed by atoms with van der Waals surface area (Å²) in [6, 6.07) is 3.43. The Kier molecular flexibility index (Phi) is 3.28. The van der Waals surface area contributed by atoms with Crippen molar-refractivity contribution in [1.82, 2.24) is 9.80 Å². The van der Waals surface area contributed by atoms with Gasteiger partial charge in [-0.25, -0.2) is 0 Å². The van der Waals surface area contributed by atoms with Crippen LogP contribution in [0.15, 0.2) is 16.5 Å². The topological polar surface area (TPSA) is 53.8 Å². The monoisotopic (exact) mass is 276 g/mol. The van der Waals surface area contributed by atoms with Crippen LogP contribution in [0.5, 0.6) is 0 Å². The lowest BCUT2D eigenvalue weighted by Gasteiger charge is -2.29. The highest BCUT2D eigenvalue weighted by Gasteiger charge is 2.41.